The summed E-state index contributed by atoms with van der Waals surface area (Å²) in [5, 5.41) is 0. The maximum Gasteiger partial charge on any atom is 0.302 e. The molecule has 0 N–H and O–H groups in total. The lowest BCUT2D eigenvalue weighted by atomic mass is 9.84. The smallest absolute Gasteiger partial charge is 0.302 e. The Morgan fingerprint density at radius 3 is 2.62 bits per heavy atom. The Morgan fingerprint density at radius 2 is 1.94 bits per heavy atom. The SMILES string of the molecule is C=CC[C@@H]1C=CC(=O)C([C@@H](C)[C@@H]2O[C@H](C[C@@H](C)COC(C)=O)[C@H](OCc3ccccc3)[C@H]2C)O1. The molecule has 1 fully saturated rings. The van der Waals surface area contributed by atoms with Gasteiger partial charge in [0.15, 0.2) is 5.78 Å². The van der Waals surface area contributed by atoms with Crippen molar-refractivity contribution in [2.24, 2.45) is 17.8 Å². The number of ketones is 1. The minimum absolute atomic E-state index is 0.0305. The van der Waals surface area contributed by atoms with Gasteiger partial charge in [-0.3, -0.25) is 9.59 Å². The lowest BCUT2D eigenvalue weighted by Gasteiger charge is -2.33. The van der Waals surface area contributed by atoms with E-state index in [1.807, 2.05) is 44.2 Å². The van der Waals surface area contributed by atoms with Crippen molar-refractivity contribution in [3.8, 4) is 0 Å². The van der Waals surface area contributed by atoms with Crippen LogP contribution >= 0.6 is 0 Å². The maximum absolute atomic E-state index is 12.7. The summed E-state index contributed by atoms with van der Waals surface area (Å²) >= 11 is 0. The summed E-state index contributed by atoms with van der Waals surface area (Å²) in [5.41, 5.74) is 1.10. The molecular formula is C28H38O6. The van der Waals surface area contributed by atoms with Gasteiger partial charge in [0.2, 0.25) is 0 Å². The van der Waals surface area contributed by atoms with Gasteiger partial charge in [-0.15, -0.1) is 6.58 Å². The molecule has 1 aromatic carbocycles. The molecule has 2 aliphatic rings. The van der Waals surface area contributed by atoms with Gasteiger partial charge in [-0.1, -0.05) is 63.3 Å². The lowest BCUT2D eigenvalue weighted by molar-refractivity contribution is -0.143. The minimum atomic E-state index is -0.561. The van der Waals surface area contributed by atoms with Gasteiger partial charge in [0.1, 0.15) is 6.10 Å². The molecule has 6 heteroatoms. The van der Waals surface area contributed by atoms with Crippen LogP contribution in [-0.4, -0.2) is 48.9 Å². The van der Waals surface area contributed by atoms with Crippen molar-refractivity contribution < 1.29 is 28.5 Å². The van der Waals surface area contributed by atoms with Crippen LogP contribution in [0.4, 0.5) is 0 Å². The average Bonchev–Trinajstić information content (AvgIpc) is 3.12. The van der Waals surface area contributed by atoms with Crippen LogP contribution in [0.25, 0.3) is 0 Å². The van der Waals surface area contributed by atoms with E-state index in [0.717, 1.165) is 5.56 Å². The molecule has 8 atom stereocenters. The first-order chi connectivity index (χ1) is 16.3. The van der Waals surface area contributed by atoms with Gasteiger partial charge in [0, 0.05) is 18.8 Å². The molecule has 0 amide bonds. The molecule has 34 heavy (non-hydrogen) atoms. The van der Waals surface area contributed by atoms with Gasteiger partial charge in [0.05, 0.1) is 37.6 Å². The number of benzene rings is 1. The molecule has 6 nitrogen and oxygen atoms in total. The van der Waals surface area contributed by atoms with Gasteiger partial charge in [0.25, 0.3) is 0 Å². The molecule has 1 unspecified atom stereocenters. The summed E-state index contributed by atoms with van der Waals surface area (Å²) in [7, 11) is 0. The summed E-state index contributed by atoms with van der Waals surface area (Å²) < 4.78 is 24.3. The second kappa shape index (κ2) is 12.4. The molecule has 0 radical (unpaired) electrons. The highest BCUT2D eigenvalue weighted by atomic mass is 16.6. The molecular weight excluding hydrogens is 432 g/mol. The number of hydrogen-bond acceptors (Lipinski definition) is 6. The maximum atomic E-state index is 12.7. The Morgan fingerprint density at radius 1 is 1.21 bits per heavy atom. The van der Waals surface area contributed by atoms with Crippen LogP contribution in [0.1, 0.15) is 46.1 Å². The Hall–Kier alpha value is -2.28. The van der Waals surface area contributed by atoms with E-state index in [0.29, 0.717) is 26.1 Å². The first kappa shape index (κ1) is 26.3. The average molecular weight is 471 g/mol. The first-order valence-electron chi connectivity index (χ1n) is 12.2. The summed E-state index contributed by atoms with van der Waals surface area (Å²) in [4.78, 5) is 23.9. The number of ether oxygens (including phenoxy) is 4. The first-order valence-corrected chi connectivity index (χ1v) is 12.2. The van der Waals surface area contributed by atoms with Crippen molar-refractivity contribution in [1.82, 2.24) is 0 Å². The van der Waals surface area contributed by atoms with Crippen LogP contribution in [0.5, 0.6) is 0 Å². The summed E-state index contributed by atoms with van der Waals surface area (Å²) in [5.74, 6) is -0.283. The highest BCUT2D eigenvalue weighted by molar-refractivity contribution is 5.94. The predicted molar refractivity (Wildman–Crippen MR) is 130 cm³/mol. The van der Waals surface area contributed by atoms with E-state index in [2.05, 4.69) is 13.5 Å². The molecule has 186 valence electrons. The van der Waals surface area contributed by atoms with E-state index in [1.165, 1.54) is 6.92 Å². The van der Waals surface area contributed by atoms with Crippen molar-refractivity contribution >= 4 is 11.8 Å². The Kier molecular flexibility index (Phi) is 9.63. The highest BCUT2D eigenvalue weighted by Crippen LogP contribution is 2.39. The fraction of sp³-hybridized carbons (Fsp3) is 0.571. The third-order valence-electron chi connectivity index (χ3n) is 6.70. The molecule has 3 rings (SSSR count). The van der Waals surface area contributed by atoms with Crippen LogP contribution in [0.15, 0.2) is 55.1 Å². The van der Waals surface area contributed by atoms with E-state index in [1.54, 1.807) is 18.2 Å². The zero-order valence-electron chi connectivity index (χ0n) is 20.7. The summed E-state index contributed by atoms with van der Waals surface area (Å²) in [6, 6.07) is 10.1. The third kappa shape index (κ3) is 6.87. The van der Waals surface area contributed by atoms with E-state index < -0.39 is 6.10 Å². The Bertz CT molecular complexity index is 850. The zero-order valence-corrected chi connectivity index (χ0v) is 20.7. The summed E-state index contributed by atoms with van der Waals surface area (Å²) in [6.45, 7) is 12.2. The monoisotopic (exact) mass is 470 g/mol. The van der Waals surface area contributed by atoms with Gasteiger partial charge in [-0.05, 0) is 30.4 Å². The van der Waals surface area contributed by atoms with Crippen molar-refractivity contribution in [3.63, 3.8) is 0 Å². The topological polar surface area (TPSA) is 71.1 Å². The largest absolute Gasteiger partial charge is 0.466 e. The minimum Gasteiger partial charge on any atom is -0.466 e. The third-order valence-corrected chi connectivity index (χ3v) is 6.70. The molecule has 0 aliphatic carbocycles. The molecule has 1 saturated heterocycles. The number of hydrogen-bond donors (Lipinski definition) is 0. The lowest BCUT2D eigenvalue weighted by Crippen LogP contribution is -2.43. The molecule has 2 heterocycles. The van der Waals surface area contributed by atoms with Gasteiger partial charge in [-0.2, -0.15) is 0 Å². The fourth-order valence-electron chi connectivity index (χ4n) is 4.92. The van der Waals surface area contributed by atoms with Crippen LogP contribution in [0, 0.1) is 17.8 Å². The van der Waals surface area contributed by atoms with Gasteiger partial charge >= 0.3 is 5.97 Å². The van der Waals surface area contributed by atoms with Gasteiger partial charge < -0.3 is 18.9 Å². The number of esters is 1. The molecule has 0 spiro atoms. The number of rotatable bonds is 11. The Balaban J connectivity index is 1.73. The molecule has 1 aromatic rings. The molecule has 0 aromatic heterocycles. The number of carbonyl (C=O) groups excluding carboxylic acids is 2. The van der Waals surface area contributed by atoms with Crippen molar-refractivity contribution in [2.75, 3.05) is 6.61 Å². The van der Waals surface area contributed by atoms with E-state index in [-0.39, 0.29) is 53.9 Å². The number of carbonyl (C=O) groups is 2. The molecule has 0 bridgehead atoms. The standard InChI is InChI=1S/C28H38O6/c1-6-10-23-13-14-24(30)27(33-23)19(3)26-20(4)28(32-17-22-11-8-7-9-12-22)25(34-26)15-18(2)16-31-21(5)29/h6-9,11-14,18-20,23,25-28H,1,10,15-17H2,2-5H3/t18-,19+,20+,23-,25-,26+,27?,28-/m1/s1. The van der Waals surface area contributed by atoms with Gasteiger partial charge in [-0.25, -0.2) is 0 Å². The Labute approximate surface area is 203 Å². The normalized spacial score (nSPS) is 30.6. The second-order valence-corrected chi connectivity index (χ2v) is 9.64. The zero-order chi connectivity index (χ0) is 24.7. The second-order valence-electron chi connectivity index (χ2n) is 9.64. The van der Waals surface area contributed by atoms with Crippen LogP contribution in [-0.2, 0) is 35.1 Å². The van der Waals surface area contributed by atoms with Crippen LogP contribution in [0.2, 0.25) is 0 Å². The van der Waals surface area contributed by atoms with Crippen molar-refractivity contribution in [2.45, 2.75) is 77.7 Å². The van der Waals surface area contributed by atoms with Crippen molar-refractivity contribution in [1.29, 1.82) is 0 Å². The fourth-order valence-corrected chi connectivity index (χ4v) is 4.92. The summed E-state index contributed by atoms with van der Waals surface area (Å²) in [6.07, 6.45) is 5.36. The highest BCUT2D eigenvalue weighted by Gasteiger charge is 2.48. The van der Waals surface area contributed by atoms with E-state index in [4.69, 9.17) is 18.9 Å². The predicted octanol–water partition coefficient (Wildman–Crippen LogP) is 4.67. The quantitative estimate of drug-likeness (QED) is 0.346. The van der Waals surface area contributed by atoms with Crippen molar-refractivity contribution in [3.05, 3.63) is 60.7 Å². The molecule has 2 aliphatic heterocycles. The van der Waals surface area contributed by atoms with Crippen LogP contribution in [0.3, 0.4) is 0 Å². The van der Waals surface area contributed by atoms with Crippen LogP contribution < -0.4 is 0 Å². The van der Waals surface area contributed by atoms with E-state index >= 15 is 0 Å². The van der Waals surface area contributed by atoms with E-state index in [9.17, 15) is 9.59 Å². The molecule has 0 saturated carbocycles.